The summed E-state index contributed by atoms with van der Waals surface area (Å²) in [5.74, 6) is 0.999. The molecule has 0 aliphatic heterocycles. The highest BCUT2D eigenvalue weighted by molar-refractivity contribution is 5.53. The molecule has 2 nitrogen and oxygen atoms in total. The molecule has 0 unspecified atom stereocenters. The Morgan fingerprint density at radius 2 is 2.15 bits per heavy atom. The standard InChI is InChI=1S/C11H15NO/c1-8-7-10(13-9-3-4-9)5-6-11(8)12-2/h5-7,9,12H,3-4H2,1-2H3. The van der Waals surface area contributed by atoms with E-state index in [0.717, 1.165) is 5.75 Å². The average molecular weight is 177 g/mol. The predicted molar refractivity (Wildman–Crippen MR) is 54.4 cm³/mol. The Morgan fingerprint density at radius 3 is 2.69 bits per heavy atom. The average Bonchev–Trinajstić information content (AvgIpc) is 2.89. The van der Waals surface area contributed by atoms with E-state index in [1.54, 1.807) is 0 Å². The predicted octanol–water partition coefficient (Wildman–Crippen LogP) is 2.58. The van der Waals surface area contributed by atoms with Gasteiger partial charge in [0.15, 0.2) is 0 Å². The lowest BCUT2D eigenvalue weighted by atomic mass is 10.2. The molecule has 70 valence electrons. The number of ether oxygens (including phenoxy) is 1. The van der Waals surface area contributed by atoms with Crippen LogP contribution in [0.1, 0.15) is 18.4 Å². The van der Waals surface area contributed by atoms with Crippen molar-refractivity contribution in [1.82, 2.24) is 0 Å². The molecule has 0 bridgehead atoms. The number of hydrogen-bond acceptors (Lipinski definition) is 2. The van der Waals surface area contributed by atoms with Crippen molar-refractivity contribution < 1.29 is 4.74 Å². The van der Waals surface area contributed by atoms with Crippen molar-refractivity contribution in [1.29, 1.82) is 0 Å². The van der Waals surface area contributed by atoms with Crippen LogP contribution in [0.2, 0.25) is 0 Å². The zero-order valence-corrected chi connectivity index (χ0v) is 8.13. The number of nitrogens with one attached hydrogen (secondary N) is 1. The van der Waals surface area contributed by atoms with Gasteiger partial charge in [-0.1, -0.05) is 0 Å². The molecular weight excluding hydrogens is 162 g/mol. The van der Waals surface area contributed by atoms with E-state index < -0.39 is 0 Å². The second-order valence-electron chi connectivity index (χ2n) is 3.54. The smallest absolute Gasteiger partial charge is 0.120 e. The van der Waals surface area contributed by atoms with Gasteiger partial charge < -0.3 is 10.1 Å². The van der Waals surface area contributed by atoms with Crippen LogP contribution in [-0.4, -0.2) is 13.2 Å². The molecule has 0 atom stereocenters. The third-order valence-corrected chi connectivity index (χ3v) is 2.29. The zero-order valence-electron chi connectivity index (χ0n) is 8.13. The minimum Gasteiger partial charge on any atom is -0.490 e. The first-order chi connectivity index (χ1) is 6.29. The SMILES string of the molecule is CNc1ccc(OC2CC2)cc1C. The van der Waals surface area contributed by atoms with Gasteiger partial charge in [-0.3, -0.25) is 0 Å². The van der Waals surface area contributed by atoms with Gasteiger partial charge in [-0.05, 0) is 43.5 Å². The first-order valence-electron chi connectivity index (χ1n) is 4.74. The van der Waals surface area contributed by atoms with Crippen molar-refractivity contribution in [3.63, 3.8) is 0 Å². The van der Waals surface area contributed by atoms with Gasteiger partial charge in [-0.25, -0.2) is 0 Å². The Kier molecular flexibility index (Phi) is 2.13. The third-order valence-electron chi connectivity index (χ3n) is 2.29. The van der Waals surface area contributed by atoms with Crippen LogP contribution in [0.25, 0.3) is 0 Å². The molecule has 1 saturated carbocycles. The number of aryl methyl sites for hydroxylation is 1. The topological polar surface area (TPSA) is 21.3 Å². The second-order valence-corrected chi connectivity index (χ2v) is 3.54. The summed E-state index contributed by atoms with van der Waals surface area (Å²) in [6, 6.07) is 6.17. The summed E-state index contributed by atoms with van der Waals surface area (Å²) in [6.07, 6.45) is 2.92. The molecule has 0 aromatic heterocycles. The Hall–Kier alpha value is -1.18. The molecule has 1 aliphatic carbocycles. The maximum absolute atomic E-state index is 5.68. The van der Waals surface area contributed by atoms with Crippen LogP contribution in [0, 0.1) is 6.92 Å². The molecule has 0 saturated heterocycles. The monoisotopic (exact) mass is 177 g/mol. The summed E-state index contributed by atoms with van der Waals surface area (Å²) in [5, 5.41) is 3.14. The van der Waals surface area contributed by atoms with Gasteiger partial charge in [-0.2, -0.15) is 0 Å². The Labute approximate surface area is 78.9 Å². The maximum atomic E-state index is 5.68. The summed E-state index contributed by atoms with van der Waals surface area (Å²) in [6.45, 7) is 2.09. The van der Waals surface area contributed by atoms with E-state index in [1.165, 1.54) is 24.1 Å². The quantitative estimate of drug-likeness (QED) is 0.766. The molecule has 2 heteroatoms. The lowest BCUT2D eigenvalue weighted by Gasteiger charge is -2.08. The van der Waals surface area contributed by atoms with Gasteiger partial charge in [-0.15, -0.1) is 0 Å². The van der Waals surface area contributed by atoms with Gasteiger partial charge in [0.1, 0.15) is 5.75 Å². The molecular formula is C11H15NO. The maximum Gasteiger partial charge on any atom is 0.120 e. The lowest BCUT2D eigenvalue weighted by Crippen LogP contribution is -1.97. The molecule has 1 aromatic rings. The van der Waals surface area contributed by atoms with Crippen LogP contribution < -0.4 is 10.1 Å². The van der Waals surface area contributed by atoms with Crippen molar-refractivity contribution >= 4 is 5.69 Å². The largest absolute Gasteiger partial charge is 0.490 e. The molecule has 0 amide bonds. The fourth-order valence-electron chi connectivity index (χ4n) is 1.37. The number of hydrogen-bond donors (Lipinski definition) is 1. The number of rotatable bonds is 3. The van der Waals surface area contributed by atoms with Crippen molar-refractivity contribution in [2.24, 2.45) is 0 Å². The number of anilines is 1. The van der Waals surface area contributed by atoms with E-state index in [2.05, 4.69) is 24.4 Å². The number of benzene rings is 1. The Bertz CT molecular complexity index is 305. The van der Waals surface area contributed by atoms with E-state index >= 15 is 0 Å². The van der Waals surface area contributed by atoms with Crippen molar-refractivity contribution in [3.8, 4) is 5.75 Å². The molecule has 0 radical (unpaired) electrons. The van der Waals surface area contributed by atoms with E-state index in [9.17, 15) is 0 Å². The summed E-state index contributed by atoms with van der Waals surface area (Å²) in [5.41, 5.74) is 2.41. The first-order valence-corrected chi connectivity index (χ1v) is 4.74. The van der Waals surface area contributed by atoms with Crippen LogP contribution in [0.4, 0.5) is 5.69 Å². The van der Waals surface area contributed by atoms with Gasteiger partial charge in [0, 0.05) is 12.7 Å². The van der Waals surface area contributed by atoms with Crippen molar-refractivity contribution in [3.05, 3.63) is 23.8 Å². The van der Waals surface area contributed by atoms with Crippen LogP contribution in [0.3, 0.4) is 0 Å². The van der Waals surface area contributed by atoms with Crippen LogP contribution >= 0.6 is 0 Å². The fraction of sp³-hybridized carbons (Fsp3) is 0.455. The van der Waals surface area contributed by atoms with Gasteiger partial charge in [0.2, 0.25) is 0 Å². The highest BCUT2D eigenvalue weighted by Crippen LogP contribution is 2.28. The summed E-state index contributed by atoms with van der Waals surface area (Å²) in [4.78, 5) is 0. The molecule has 1 aromatic carbocycles. The Morgan fingerprint density at radius 1 is 1.38 bits per heavy atom. The molecule has 2 rings (SSSR count). The molecule has 0 heterocycles. The highest BCUT2D eigenvalue weighted by Gasteiger charge is 2.23. The molecule has 1 N–H and O–H groups in total. The van der Waals surface area contributed by atoms with E-state index in [1.807, 2.05) is 13.1 Å². The fourth-order valence-corrected chi connectivity index (χ4v) is 1.37. The third kappa shape index (κ3) is 1.94. The van der Waals surface area contributed by atoms with Crippen LogP contribution in [-0.2, 0) is 0 Å². The van der Waals surface area contributed by atoms with E-state index in [-0.39, 0.29) is 0 Å². The molecule has 0 spiro atoms. The zero-order chi connectivity index (χ0) is 9.26. The second kappa shape index (κ2) is 3.29. The van der Waals surface area contributed by atoms with Gasteiger partial charge >= 0.3 is 0 Å². The van der Waals surface area contributed by atoms with Crippen LogP contribution in [0.15, 0.2) is 18.2 Å². The summed E-state index contributed by atoms with van der Waals surface area (Å²) >= 11 is 0. The van der Waals surface area contributed by atoms with E-state index in [0.29, 0.717) is 6.10 Å². The summed E-state index contributed by atoms with van der Waals surface area (Å²) < 4.78 is 5.68. The molecule has 13 heavy (non-hydrogen) atoms. The minimum absolute atomic E-state index is 0.486. The minimum atomic E-state index is 0.486. The molecule has 1 fully saturated rings. The first kappa shape index (κ1) is 8.42. The van der Waals surface area contributed by atoms with E-state index in [4.69, 9.17) is 4.74 Å². The highest BCUT2D eigenvalue weighted by atomic mass is 16.5. The van der Waals surface area contributed by atoms with Gasteiger partial charge in [0.05, 0.1) is 6.10 Å². The normalized spacial score (nSPS) is 15.5. The van der Waals surface area contributed by atoms with Crippen molar-refractivity contribution in [2.45, 2.75) is 25.9 Å². The molecule has 1 aliphatic rings. The Balaban J connectivity index is 2.13. The lowest BCUT2D eigenvalue weighted by molar-refractivity contribution is 0.303. The van der Waals surface area contributed by atoms with Crippen LogP contribution in [0.5, 0.6) is 5.75 Å². The summed E-state index contributed by atoms with van der Waals surface area (Å²) in [7, 11) is 1.93. The van der Waals surface area contributed by atoms with Crippen molar-refractivity contribution in [2.75, 3.05) is 12.4 Å². The van der Waals surface area contributed by atoms with Gasteiger partial charge in [0.25, 0.3) is 0 Å².